The zero-order valence-corrected chi connectivity index (χ0v) is 15.1. The van der Waals surface area contributed by atoms with Crippen molar-refractivity contribution in [2.45, 2.75) is 3.79 Å². The lowest BCUT2D eigenvalue weighted by Crippen LogP contribution is -2.12. The Morgan fingerprint density at radius 3 is 2.36 bits per heavy atom. The molecule has 10 heteroatoms. The highest BCUT2D eigenvalue weighted by Gasteiger charge is 2.16. The molecule has 1 heterocycles. The maximum Gasteiger partial charge on any atom is 0.267 e. The number of nitrogens with one attached hydrogen (secondary N) is 1. The number of carbonyl (C=O) groups is 2. The Bertz CT molecular complexity index is 754. The van der Waals surface area contributed by atoms with Crippen LogP contribution in [0.4, 0.5) is 10.1 Å². The van der Waals surface area contributed by atoms with E-state index >= 15 is 0 Å². The number of aromatic nitrogens is 1. The van der Waals surface area contributed by atoms with Gasteiger partial charge in [0, 0.05) is 25.4 Å². The second kappa shape index (κ2) is 9.41. The van der Waals surface area contributed by atoms with Gasteiger partial charge in [0.2, 0.25) is 3.79 Å². The van der Waals surface area contributed by atoms with E-state index in [0.717, 1.165) is 0 Å². The minimum absolute atomic E-state index is 0.0878. The average Bonchev–Trinajstić information content (AvgIpc) is 2.55. The lowest BCUT2D eigenvalue weighted by molar-refractivity contribution is -0.107. The number of benzene rings is 1. The highest BCUT2D eigenvalue weighted by atomic mass is 35.6. The van der Waals surface area contributed by atoms with Gasteiger partial charge in [-0.2, -0.15) is 0 Å². The summed E-state index contributed by atoms with van der Waals surface area (Å²) in [5.74, 6) is -0.398. The van der Waals surface area contributed by atoms with Gasteiger partial charge in [-0.1, -0.05) is 34.8 Å². The first kappa shape index (κ1) is 21.0. The summed E-state index contributed by atoms with van der Waals surface area (Å²) < 4.78 is 17.2. The van der Waals surface area contributed by atoms with Crippen LogP contribution in [0.3, 0.4) is 0 Å². The average molecular weight is 409 g/mol. The molecule has 0 saturated heterocycles. The second-order valence-electron chi connectivity index (χ2n) is 4.39. The fourth-order valence-corrected chi connectivity index (χ4v) is 1.51. The van der Waals surface area contributed by atoms with E-state index in [2.05, 4.69) is 10.3 Å². The molecule has 1 aromatic heterocycles. The molecule has 1 amide bonds. The maximum absolute atomic E-state index is 13.5. The van der Waals surface area contributed by atoms with Crippen LogP contribution in [-0.2, 0) is 4.79 Å². The first-order valence-corrected chi connectivity index (χ1v) is 7.73. The number of aldehydes is 1. The molecule has 25 heavy (non-hydrogen) atoms. The van der Waals surface area contributed by atoms with Crippen LogP contribution in [0.1, 0.15) is 10.5 Å². The van der Waals surface area contributed by atoms with E-state index in [0.29, 0.717) is 17.2 Å². The summed E-state index contributed by atoms with van der Waals surface area (Å²) in [5.41, 5.74) is 5.58. The number of alkyl halides is 3. The molecule has 0 atom stereocenters. The van der Waals surface area contributed by atoms with Crippen molar-refractivity contribution in [2.24, 2.45) is 5.73 Å². The number of amides is 1. The molecule has 0 unspecified atom stereocenters. The summed E-state index contributed by atoms with van der Waals surface area (Å²) in [6, 6.07) is 7.36. The summed E-state index contributed by atoms with van der Waals surface area (Å²) in [5, 5.41) is 2.71. The van der Waals surface area contributed by atoms with Crippen molar-refractivity contribution < 1.29 is 18.7 Å². The molecule has 134 valence electrons. The Morgan fingerprint density at radius 1 is 1.28 bits per heavy atom. The number of carbonyl (C=O) groups excluding carboxylic acids is 2. The number of anilines is 1. The molecular formula is C15H13Cl3FN3O3. The van der Waals surface area contributed by atoms with Crippen molar-refractivity contribution in [3.63, 3.8) is 0 Å². The summed E-state index contributed by atoms with van der Waals surface area (Å²) in [6.45, 7) is 0. The normalized spacial score (nSPS) is 10.3. The van der Waals surface area contributed by atoms with Gasteiger partial charge < -0.3 is 15.8 Å². The van der Waals surface area contributed by atoms with Crippen molar-refractivity contribution in [1.82, 2.24) is 4.98 Å². The molecule has 0 fully saturated rings. The van der Waals surface area contributed by atoms with Crippen LogP contribution in [-0.4, -0.2) is 28.0 Å². The molecule has 2 rings (SSSR count). The van der Waals surface area contributed by atoms with Crippen LogP contribution < -0.4 is 15.8 Å². The van der Waals surface area contributed by atoms with E-state index in [1.54, 1.807) is 25.2 Å². The molecule has 6 nitrogen and oxygen atoms in total. The van der Waals surface area contributed by atoms with Gasteiger partial charge >= 0.3 is 0 Å². The zero-order valence-electron chi connectivity index (χ0n) is 12.8. The Labute approximate surface area is 158 Å². The van der Waals surface area contributed by atoms with E-state index in [9.17, 15) is 14.0 Å². The predicted molar refractivity (Wildman–Crippen MR) is 95.1 cm³/mol. The third kappa shape index (κ3) is 7.55. The number of primary amides is 1. The van der Waals surface area contributed by atoms with Gasteiger partial charge in [0.05, 0.1) is 5.69 Å². The summed E-state index contributed by atoms with van der Waals surface area (Å²) in [7, 11) is 1.63. The number of hydrogen-bond donors (Lipinski definition) is 2. The van der Waals surface area contributed by atoms with Gasteiger partial charge in [-0.3, -0.25) is 14.6 Å². The number of pyridine rings is 1. The third-order valence-corrected chi connectivity index (χ3v) is 2.83. The largest absolute Gasteiger partial charge is 0.457 e. The van der Waals surface area contributed by atoms with Crippen LogP contribution in [0, 0.1) is 5.82 Å². The lowest BCUT2D eigenvalue weighted by atomic mass is 10.3. The van der Waals surface area contributed by atoms with E-state index in [-0.39, 0.29) is 12.0 Å². The maximum atomic E-state index is 13.5. The standard InChI is InChI=1S/C13H12FN3O2.C2HCl3O/c1-16-11-3-2-8(6-10(11)14)19-9-4-5-17-12(7-9)13(15)18;3-2(4,5)1-6/h2-7,16H,1H3,(H2,15,18);1H. The summed E-state index contributed by atoms with van der Waals surface area (Å²) in [4.78, 5) is 24.2. The van der Waals surface area contributed by atoms with Crippen LogP contribution in [0.25, 0.3) is 0 Å². The number of rotatable bonds is 4. The van der Waals surface area contributed by atoms with E-state index < -0.39 is 15.5 Å². The molecule has 0 aliphatic carbocycles. The highest BCUT2D eigenvalue weighted by Crippen LogP contribution is 2.25. The minimum Gasteiger partial charge on any atom is -0.457 e. The molecule has 2 aromatic rings. The van der Waals surface area contributed by atoms with Crippen molar-refractivity contribution in [2.75, 3.05) is 12.4 Å². The van der Waals surface area contributed by atoms with Crippen LogP contribution in [0.2, 0.25) is 0 Å². The van der Waals surface area contributed by atoms with E-state index in [1.165, 1.54) is 18.3 Å². The van der Waals surface area contributed by atoms with Crippen molar-refractivity contribution in [1.29, 1.82) is 0 Å². The predicted octanol–water partition coefficient (Wildman–Crippen LogP) is 3.71. The molecule has 1 aromatic carbocycles. The second-order valence-corrected chi connectivity index (χ2v) is 6.76. The van der Waals surface area contributed by atoms with Crippen molar-refractivity contribution >= 4 is 52.7 Å². The molecule has 0 aliphatic rings. The molecule has 0 spiro atoms. The molecular weight excluding hydrogens is 396 g/mol. The number of ether oxygens (including phenoxy) is 1. The van der Waals surface area contributed by atoms with Crippen LogP contribution in [0.5, 0.6) is 11.5 Å². The molecule has 0 saturated carbocycles. The summed E-state index contributed by atoms with van der Waals surface area (Å²) >= 11 is 14.6. The highest BCUT2D eigenvalue weighted by molar-refractivity contribution is 6.74. The van der Waals surface area contributed by atoms with Crippen molar-refractivity contribution in [3.8, 4) is 11.5 Å². The van der Waals surface area contributed by atoms with Gasteiger partial charge in [0.15, 0.2) is 6.29 Å². The first-order chi connectivity index (χ1) is 11.7. The summed E-state index contributed by atoms with van der Waals surface area (Å²) in [6.07, 6.45) is 1.63. The lowest BCUT2D eigenvalue weighted by Gasteiger charge is -2.08. The van der Waals surface area contributed by atoms with Crippen molar-refractivity contribution in [3.05, 3.63) is 48.0 Å². The number of hydrogen-bond acceptors (Lipinski definition) is 5. The fraction of sp³-hybridized carbons (Fsp3) is 0.133. The molecule has 3 N–H and O–H groups in total. The van der Waals surface area contributed by atoms with Crippen LogP contribution >= 0.6 is 34.8 Å². The van der Waals surface area contributed by atoms with Gasteiger partial charge in [-0.25, -0.2) is 4.39 Å². The van der Waals surface area contributed by atoms with E-state index in [4.69, 9.17) is 45.3 Å². The Morgan fingerprint density at radius 2 is 1.88 bits per heavy atom. The Hall–Kier alpha value is -2.09. The third-order valence-electron chi connectivity index (χ3n) is 2.56. The smallest absolute Gasteiger partial charge is 0.267 e. The van der Waals surface area contributed by atoms with Crippen LogP contribution in [0.15, 0.2) is 36.5 Å². The number of nitrogens with two attached hydrogens (primary N) is 1. The minimum atomic E-state index is -1.72. The monoisotopic (exact) mass is 407 g/mol. The van der Waals surface area contributed by atoms with Gasteiger partial charge in [-0.15, -0.1) is 0 Å². The zero-order chi connectivity index (χ0) is 19.0. The molecule has 0 bridgehead atoms. The number of nitrogens with zero attached hydrogens (tertiary/aromatic N) is 1. The first-order valence-electron chi connectivity index (χ1n) is 6.60. The quantitative estimate of drug-likeness (QED) is 0.594. The Balaban J connectivity index is 0.000000450. The van der Waals surface area contributed by atoms with Gasteiger partial charge in [-0.05, 0) is 18.2 Å². The topological polar surface area (TPSA) is 94.3 Å². The molecule has 0 aliphatic heterocycles. The fourth-order valence-electron chi connectivity index (χ4n) is 1.51. The van der Waals surface area contributed by atoms with Gasteiger partial charge in [0.1, 0.15) is 23.0 Å². The van der Waals surface area contributed by atoms with E-state index in [1.807, 2.05) is 0 Å². The number of halogens is 4. The SMILES string of the molecule is CNc1ccc(Oc2ccnc(C(N)=O)c2)cc1F.O=CC(Cl)(Cl)Cl. The van der Waals surface area contributed by atoms with Gasteiger partial charge in [0.25, 0.3) is 5.91 Å². The molecule has 0 radical (unpaired) electrons. The Kier molecular flexibility index (Phi) is 7.89.